The van der Waals surface area contributed by atoms with Crippen LogP contribution >= 0.6 is 22.9 Å². The number of hydrogen-bond donors (Lipinski definition) is 1. The van der Waals surface area contributed by atoms with Gasteiger partial charge >= 0.3 is 6.09 Å². The number of carbonyl (C=O) groups is 1. The molecule has 1 aromatic heterocycles. The molecule has 1 aromatic carbocycles. The van der Waals surface area contributed by atoms with Crippen molar-refractivity contribution in [3.8, 4) is 10.4 Å². The van der Waals surface area contributed by atoms with Gasteiger partial charge < -0.3 is 4.74 Å². The van der Waals surface area contributed by atoms with Crippen LogP contribution in [0.25, 0.3) is 10.4 Å². The SMILES string of the molecule is COC(=O)N/N=C(/C)c1ccc(-c2ccc(Cl)cc2)s1. The van der Waals surface area contributed by atoms with Gasteiger partial charge in [0.2, 0.25) is 0 Å². The number of ether oxygens (including phenoxy) is 1. The molecule has 0 saturated carbocycles. The Bertz CT molecular complexity index is 635. The van der Waals surface area contributed by atoms with Crippen molar-refractivity contribution in [3.05, 3.63) is 46.3 Å². The zero-order valence-electron chi connectivity index (χ0n) is 11.0. The van der Waals surface area contributed by atoms with Gasteiger partial charge in [0.25, 0.3) is 0 Å². The zero-order chi connectivity index (χ0) is 14.5. The Morgan fingerprint density at radius 3 is 2.60 bits per heavy atom. The van der Waals surface area contributed by atoms with Crippen LogP contribution < -0.4 is 5.43 Å². The number of rotatable bonds is 3. The van der Waals surface area contributed by atoms with Crippen LogP contribution in [-0.2, 0) is 4.74 Å². The highest BCUT2D eigenvalue weighted by atomic mass is 35.5. The van der Waals surface area contributed by atoms with E-state index in [9.17, 15) is 4.79 Å². The average molecular weight is 309 g/mol. The van der Waals surface area contributed by atoms with Gasteiger partial charge in [0.1, 0.15) is 0 Å². The fourth-order valence-corrected chi connectivity index (χ4v) is 2.61. The second kappa shape index (κ2) is 6.54. The van der Waals surface area contributed by atoms with Crippen LogP contribution in [0.5, 0.6) is 0 Å². The highest BCUT2D eigenvalue weighted by Crippen LogP contribution is 2.29. The lowest BCUT2D eigenvalue weighted by molar-refractivity contribution is 0.171. The summed E-state index contributed by atoms with van der Waals surface area (Å²) in [7, 11) is 1.30. The molecule has 2 rings (SSSR count). The molecule has 104 valence electrons. The Kier molecular flexibility index (Phi) is 4.76. The third-order valence-corrected chi connectivity index (χ3v) is 4.09. The third kappa shape index (κ3) is 3.59. The van der Waals surface area contributed by atoms with Crippen molar-refractivity contribution in [2.45, 2.75) is 6.92 Å². The lowest BCUT2D eigenvalue weighted by atomic mass is 10.2. The molecule has 0 saturated heterocycles. The van der Waals surface area contributed by atoms with E-state index in [1.165, 1.54) is 7.11 Å². The highest BCUT2D eigenvalue weighted by Gasteiger charge is 2.06. The second-order valence-corrected chi connectivity index (χ2v) is 5.49. The van der Waals surface area contributed by atoms with Crippen LogP contribution in [0.4, 0.5) is 4.79 Å². The first-order chi connectivity index (χ1) is 9.60. The molecule has 0 radical (unpaired) electrons. The summed E-state index contributed by atoms with van der Waals surface area (Å²) in [5.41, 5.74) is 4.12. The van der Waals surface area contributed by atoms with Crippen molar-refractivity contribution in [3.63, 3.8) is 0 Å². The van der Waals surface area contributed by atoms with E-state index in [1.807, 2.05) is 43.3 Å². The molecular formula is C14H13ClN2O2S. The van der Waals surface area contributed by atoms with Gasteiger partial charge in [0, 0.05) is 9.90 Å². The molecule has 0 atom stereocenters. The number of halogens is 1. The summed E-state index contributed by atoms with van der Waals surface area (Å²) in [6.07, 6.45) is -0.584. The molecule has 1 heterocycles. The molecular weight excluding hydrogens is 296 g/mol. The number of nitrogens with one attached hydrogen (secondary N) is 1. The fraction of sp³-hybridized carbons (Fsp3) is 0.143. The number of nitrogens with zero attached hydrogens (tertiary/aromatic N) is 1. The molecule has 2 aromatic rings. The summed E-state index contributed by atoms with van der Waals surface area (Å²) in [5.74, 6) is 0. The van der Waals surface area contributed by atoms with E-state index in [4.69, 9.17) is 11.6 Å². The smallest absolute Gasteiger partial charge is 0.427 e. The largest absolute Gasteiger partial charge is 0.452 e. The van der Waals surface area contributed by atoms with Gasteiger partial charge in [0.15, 0.2) is 0 Å². The Hall–Kier alpha value is -1.85. The van der Waals surface area contributed by atoms with Gasteiger partial charge in [-0.3, -0.25) is 0 Å². The predicted octanol–water partition coefficient (Wildman–Crippen LogP) is 4.15. The first-order valence-corrected chi connectivity index (χ1v) is 7.04. The number of hydrazone groups is 1. The summed E-state index contributed by atoms with van der Waals surface area (Å²) < 4.78 is 4.46. The molecule has 0 unspecified atom stereocenters. The minimum absolute atomic E-state index is 0.584. The number of amides is 1. The molecule has 0 aliphatic carbocycles. The first kappa shape index (κ1) is 14.6. The third-order valence-electron chi connectivity index (χ3n) is 2.59. The van der Waals surface area contributed by atoms with Crippen molar-refractivity contribution < 1.29 is 9.53 Å². The standard InChI is InChI=1S/C14H13ClN2O2S/c1-9(16-17-14(18)19-2)12-7-8-13(20-12)10-3-5-11(15)6-4-10/h3-8H,1-2H3,(H,17,18)/b16-9-. The number of carbonyl (C=O) groups excluding carboxylic acids is 1. The normalized spacial score (nSPS) is 11.2. The Morgan fingerprint density at radius 2 is 1.95 bits per heavy atom. The van der Waals surface area contributed by atoms with E-state index in [0.717, 1.165) is 21.0 Å². The molecule has 0 spiro atoms. The Morgan fingerprint density at radius 1 is 1.25 bits per heavy atom. The monoisotopic (exact) mass is 308 g/mol. The van der Waals surface area contributed by atoms with E-state index >= 15 is 0 Å². The number of benzene rings is 1. The molecule has 1 amide bonds. The number of hydrogen-bond acceptors (Lipinski definition) is 4. The molecule has 0 aliphatic rings. The molecule has 4 nitrogen and oxygen atoms in total. The Labute approximate surface area is 126 Å². The van der Waals surface area contributed by atoms with Gasteiger partial charge in [-0.15, -0.1) is 11.3 Å². The van der Waals surface area contributed by atoms with Crippen LogP contribution in [0.1, 0.15) is 11.8 Å². The summed E-state index contributed by atoms with van der Waals surface area (Å²) in [6, 6.07) is 11.6. The van der Waals surface area contributed by atoms with Crippen LogP contribution in [0.3, 0.4) is 0 Å². The summed E-state index contributed by atoms with van der Waals surface area (Å²) in [4.78, 5) is 13.0. The van der Waals surface area contributed by atoms with E-state index in [2.05, 4.69) is 15.3 Å². The van der Waals surface area contributed by atoms with Crippen LogP contribution in [0.2, 0.25) is 5.02 Å². The second-order valence-electron chi connectivity index (χ2n) is 3.97. The van der Waals surface area contributed by atoms with Gasteiger partial charge in [-0.1, -0.05) is 23.7 Å². The lowest BCUT2D eigenvalue weighted by Gasteiger charge is -1.99. The van der Waals surface area contributed by atoms with Gasteiger partial charge in [-0.05, 0) is 36.8 Å². The average Bonchev–Trinajstić information content (AvgIpc) is 2.95. The van der Waals surface area contributed by atoms with Gasteiger partial charge in [0.05, 0.1) is 17.7 Å². The first-order valence-electron chi connectivity index (χ1n) is 5.84. The number of methoxy groups -OCH3 is 1. The molecule has 0 fully saturated rings. The lowest BCUT2D eigenvalue weighted by Crippen LogP contribution is -2.18. The maximum absolute atomic E-state index is 11.0. The van der Waals surface area contributed by atoms with Crippen LogP contribution in [0, 0.1) is 0 Å². The molecule has 1 N–H and O–H groups in total. The van der Waals surface area contributed by atoms with Crippen LogP contribution in [-0.4, -0.2) is 18.9 Å². The Balaban J connectivity index is 2.16. The summed E-state index contributed by atoms with van der Waals surface area (Å²) >= 11 is 7.46. The molecule has 0 aliphatic heterocycles. The van der Waals surface area contributed by atoms with Gasteiger partial charge in [-0.25, -0.2) is 10.2 Å². The molecule has 6 heteroatoms. The van der Waals surface area contributed by atoms with E-state index in [0.29, 0.717) is 5.02 Å². The quantitative estimate of drug-likeness (QED) is 0.684. The van der Waals surface area contributed by atoms with Crippen molar-refractivity contribution in [2.75, 3.05) is 7.11 Å². The highest BCUT2D eigenvalue weighted by molar-refractivity contribution is 7.17. The summed E-state index contributed by atoms with van der Waals surface area (Å²) in [5, 5.41) is 4.68. The minimum atomic E-state index is -0.584. The summed E-state index contributed by atoms with van der Waals surface area (Å²) in [6.45, 7) is 1.83. The fourth-order valence-electron chi connectivity index (χ4n) is 1.53. The molecule has 0 bridgehead atoms. The zero-order valence-corrected chi connectivity index (χ0v) is 12.6. The molecule has 20 heavy (non-hydrogen) atoms. The van der Waals surface area contributed by atoms with Crippen LogP contribution in [0.15, 0.2) is 41.5 Å². The number of thiophene rings is 1. The van der Waals surface area contributed by atoms with Gasteiger partial charge in [-0.2, -0.15) is 5.10 Å². The maximum atomic E-state index is 11.0. The van der Waals surface area contributed by atoms with Crippen molar-refractivity contribution in [1.82, 2.24) is 5.43 Å². The maximum Gasteiger partial charge on any atom is 0.427 e. The minimum Gasteiger partial charge on any atom is -0.452 e. The topological polar surface area (TPSA) is 50.7 Å². The van der Waals surface area contributed by atoms with Crippen molar-refractivity contribution in [2.24, 2.45) is 5.10 Å². The van der Waals surface area contributed by atoms with E-state index in [-0.39, 0.29) is 0 Å². The van der Waals surface area contributed by atoms with Crippen molar-refractivity contribution in [1.29, 1.82) is 0 Å². The van der Waals surface area contributed by atoms with Crippen molar-refractivity contribution >= 4 is 34.7 Å². The van der Waals surface area contributed by atoms with E-state index < -0.39 is 6.09 Å². The predicted molar refractivity (Wildman–Crippen MR) is 82.5 cm³/mol. The van der Waals surface area contributed by atoms with E-state index in [1.54, 1.807) is 11.3 Å².